The minimum atomic E-state index is -0.463. The number of ether oxygens (including phenoxy) is 1. The summed E-state index contributed by atoms with van der Waals surface area (Å²) in [6, 6.07) is 0. The van der Waals surface area contributed by atoms with Crippen molar-refractivity contribution in [2.24, 2.45) is 0 Å². The van der Waals surface area contributed by atoms with Gasteiger partial charge in [-0.05, 0) is 0 Å². The average molecular weight is 444 g/mol. The van der Waals surface area contributed by atoms with Crippen LogP contribution in [0.3, 0.4) is 0 Å². The van der Waals surface area contributed by atoms with Gasteiger partial charge in [-0.15, -0.1) is 0 Å². The van der Waals surface area contributed by atoms with E-state index in [-0.39, 0.29) is 19.2 Å². The SMILES string of the molecule is CC(=O)OCN(C)C(=O)CN[C-]=O.[Fm]. The van der Waals surface area contributed by atoms with Crippen LogP contribution >= 0.6 is 0 Å². The molecule has 0 atom stereocenters. The van der Waals surface area contributed by atoms with Crippen molar-refractivity contribution in [2.75, 3.05) is 20.3 Å². The third kappa shape index (κ3) is 6.14. The quantitative estimate of drug-likeness (QED) is 0.246. The van der Waals surface area contributed by atoms with Gasteiger partial charge in [-0.1, -0.05) is 0 Å². The second-order valence-corrected chi connectivity index (χ2v) is 2.31. The van der Waals surface area contributed by atoms with Gasteiger partial charge >= 0.3 is 5.97 Å². The van der Waals surface area contributed by atoms with Gasteiger partial charge in [0.1, 0.15) is 0 Å². The van der Waals surface area contributed by atoms with Crippen LogP contribution in [0, 0.1) is 0 Å². The first-order valence-corrected chi connectivity index (χ1v) is 3.55. The summed E-state index contributed by atoms with van der Waals surface area (Å²) in [5.74, 6) is -0.820. The van der Waals surface area contributed by atoms with Gasteiger partial charge in [0.05, 0.1) is 6.54 Å². The minimum Gasteiger partial charge on any atom is -0.522 e. The average Bonchev–Trinajstić information content (AvgIpc) is 2.10. The van der Waals surface area contributed by atoms with Crippen LogP contribution in [0.15, 0.2) is 0 Å². The van der Waals surface area contributed by atoms with E-state index < -0.39 is 5.97 Å². The molecule has 6 nitrogen and oxygen atoms in total. The Labute approximate surface area is 75.8 Å². The van der Waals surface area contributed by atoms with Crippen molar-refractivity contribution in [1.29, 1.82) is 0 Å². The van der Waals surface area contributed by atoms with Crippen LogP contribution < -0.4 is 5.32 Å². The van der Waals surface area contributed by atoms with E-state index in [0.29, 0.717) is 0 Å². The van der Waals surface area contributed by atoms with Crippen LogP contribution in [-0.4, -0.2) is 43.5 Å². The standard InChI is InChI=1S/C7H11N2O4.Fm/c1-6(11)13-5-9(2)7(12)3-8-4-10;/h3,5H2,1-2H3,(H,8,10);/q-1;. The Hall–Kier alpha value is -2.59. The maximum atomic E-state index is 11.0. The molecule has 7 heteroatoms. The van der Waals surface area contributed by atoms with E-state index in [1.165, 1.54) is 25.3 Å². The number of esters is 1. The number of hydrogen-bond acceptors (Lipinski definition) is 4. The van der Waals surface area contributed by atoms with E-state index in [0.717, 1.165) is 0 Å². The second kappa shape index (κ2) is 7.08. The molecular formula is C7H11FmN2O4-. The predicted octanol–water partition coefficient (Wildman–Crippen LogP) is -1.38. The normalized spacial score (nSPS) is 8.14. The molecule has 0 rings (SSSR count). The van der Waals surface area contributed by atoms with E-state index in [2.05, 4.69) is 10.1 Å². The molecule has 0 saturated carbocycles. The van der Waals surface area contributed by atoms with Crippen molar-refractivity contribution >= 4 is 18.3 Å². The molecule has 0 bridgehead atoms. The van der Waals surface area contributed by atoms with Crippen LogP contribution in [0.5, 0.6) is 0 Å². The topological polar surface area (TPSA) is 75.7 Å². The first kappa shape index (κ1) is 14.0. The summed E-state index contributed by atoms with van der Waals surface area (Å²) in [5, 5.41) is 2.08. The van der Waals surface area contributed by atoms with Gasteiger partial charge in [0.2, 0.25) is 5.91 Å². The summed E-state index contributed by atoms with van der Waals surface area (Å²) in [7, 11) is 1.46. The molecule has 0 heterocycles. The Balaban J connectivity index is 0. The van der Waals surface area contributed by atoms with Gasteiger partial charge < -0.3 is 19.7 Å². The van der Waals surface area contributed by atoms with Crippen molar-refractivity contribution in [2.45, 2.75) is 6.92 Å². The molecule has 2 amide bonds. The third-order valence-electron chi connectivity index (χ3n) is 1.20. The molecule has 0 unspecified atom stereocenters. The predicted molar refractivity (Wildman–Crippen MR) is 43.1 cm³/mol. The number of likely N-dealkylation sites (N-methyl/N-ethyl adjacent to an activating group) is 1. The van der Waals surface area contributed by atoms with Crippen molar-refractivity contribution in [1.82, 2.24) is 10.2 Å². The fraction of sp³-hybridized carbons (Fsp3) is 0.571. The summed E-state index contributed by atoms with van der Waals surface area (Å²) < 4.78 is 4.54. The molecule has 0 aliphatic heterocycles. The maximum Gasteiger partial charge on any atom is 0.304 e. The Morgan fingerprint density at radius 3 is 2.50 bits per heavy atom. The number of rotatable bonds is 5. The first-order chi connectivity index (χ1) is 6.07. The van der Waals surface area contributed by atoms with E-state index in [4.69, 9.17) is 0 Å². The summed E-state index contributed by atoms with van der Waals surface area (Å²) in [6.45, 7) is 0.978. The third-order valence-corrected chi connectivity index (χ3v) is 1.20. The maximum absolute atomic E-state index is 11.0. The Kier molecular flexibility index (Phi) is 7.06. The fourth-order valence-electron chi connectivity index (χ4n) is 0.506. The number of carbonyl (C=O) groups excluding carboxylic acids is 3. The first-order valence-electron chi connectivity index (χ1n) is 3.55. The summed E-state index contributed by atoms with van der Waals surface area (Å²) in [4.78, 5) is 32.2. The molecule has 0 fully saturated rings. The second-order valence-electron chi connectivity index (χ2n) is 2.31. The molecule has 0 saturated heterocycles. The number of carbonyl (C=O) groups is 2. The van der Waals surface area contributed by atoms with Gasteiger partial charge in [0.25, 0.3) is 0 Å². The fourth-order valence-corrected chi connectivity index (χ4v) is 0.506. The van der Waals surface area contributed by atoms with Crippen molar-refractivity contribution in [3.05, 3.63) is 0 Å². The van der Waals surface area contributed by atoms with Crippen LogP contribution in [0.1, 0.15) is 6.92 Å². The molecule has 86 valence electrons. The van der Waals surface area contributed by atoms with Gasteiger partial charge in [-0.25, -0.2) is 0 Å². The van der Waals surface area contributed by atoms with Crippen molar-refractivity contribution in [3.8, 4) is 0 Å². The number of nitrogens with one attached hydrogen (secondary N) is 1. The van der Waals surface area contributed by atoms with Gasteiger partial charge in [0.15, 0.2) is 6.73 Å². The number of hydrogen-bond donors (Lipinski definition) is 1. The molecule has 14 heavy (non-hydrogen) atoms. The number of amides is 2. The van der Waals surface area contributed by atoms with E-state index >= 15 is 0 Å². The smallest absolute Gasteiger partial charge is 0.304 e. The van der Waals surface area contributed by atoms with E-state index in [1.54, 1.807) is 0 Å². The monoisotopic (exact) mass is 444 g/mol. The zero-order chi connectivity index (χ0) is 10.3. The Morgan fingerprint density at radius 1 is 1.50 bits per heavy atom. The molecule has 0 radical (unpaired) electrons. The molecule has 0 aromatic heterocycles. The summed E-state index contributed by atoms with van der Waals surface area (Å²) in [5.41, 5.74) is 0. The van der Waals surface area contributed by atoms with Crippen molar-refractivity contribution < 1.29 is 19.1 Å². The van der Waals surface area contributed by atoms with E-state index in [9.17, 15) is 14.4 Å². The van der Waals surface area contributed by atoms with Gasteiger partial charge in [-0.2, -0.15) is 6.41 Å². The van der Waals surface area contributed by atoms with E-state index in [1.807, 2.05) is 0 Å². The van der Waals surface area contributed by atoms with Crippen LogP contribution in [0.2, 0.25) is 0 Å². The van der Waals surface area contributed by atoms with Gasteiger partial charge in [0, 0.05) is 14.0 Å². The zero-order valence-electron chi connectivity index (χ0n) is 7.78. The van der Waals surface area contributed by atoms with Crippen LogP contribution in [0.4, 0.5) is 0 Å². The molecule has 0 aliphatic carbocycles. The minimum absolute atomic E-state index is 0. The van der Waals surface area contributed by atoms with Crippen molar-refractivity contribution in [3.63, 3.8) is 0 Å². The van der Waals surface area contributed by atoms with Crippen LogP contribution in [-0.2, 0) is 19.1 Å². The number of nitrogens with zero attached hydrogens (tertiary/aromatic N) is 1. The van der Waals surface area contributed by atoms with Crippen LogP contribution in [0.25, 0.3) is 0 Å². The molecule has 0 aromatic rings. The Bertz CT molecular complexity index is 210. The van der Waals surface area contributed by atoms with Gasteiger partial charge in [-0.3, -0.25) is 9.59 Å². The Morgan fingerprint density at radius 2 is 2.07 bits per heavy atom. The molecule has 0 spiro atoms. The summed E-state index contributed by atoms with van der Waals surface area (Å²) >= 11 is 0. The largest absolute Gasteiger partial charge is 0.522 e. The zero-order valence-corrected chi connectivity index (χ0v) is 10.2. The summed E-state index contributed by atoms with van der Waals surface area (Å²) in [6.07, 6.45) is 1.36. The molecule has 0 aliphatic rings. The molecule has 1 N–H and O–H groups in total. The molecular weight excluding hydrogens is 433 g/mol. The molecule has 0 aromatic carbocycles.